The summed E-state index contributed by atoms with van der Waals surface area (Å²) in [6.07, 6.45) is 3.45. The van der Waals surface area contributed by atoms with Crippen molar-refractivity contribution < 1.29 is 4.79 Å². The molecule has 2 aromatic rings. The molecular formula is C16H16ClN3OS. The van der Waals surface area contributed by atoms with Gasteiger partial charge < -0.3 is 10.6 Å². The number of carbonyl (C=O) groups excluding carboxylic acids is 1. The van der Waals surface area contributed by atoms with Crippen LogP contribution in [0.15, 0.2) is 30.3 Å². The summed E-state index contributed by atoms with van der Waals surface area (Å²) in [4.78, 5) is 18.4. The first-order valence-electron chi connectivity index (χ1n) is 7.49. The molecule has 4 nitrogen and oxygen atoms in total. The normalized spacial score (nSPS) is 26.3. The molecule has 1 amide bonds. The summed E-state index contributed by atoms with van der Waals surface area (Å²) in [5.74, 6) is 0.0117. The minimum absolute atomic E-state index is 0.0117. The third kappa shape index (κ3) is 2.64. The first kappa shape index (κ1) is 14.2. The quantitative estimate of drug-likeness (QED) is 0.849. The molecule has 0 saturated carbocycles. The number of halogens is 1. The van der Waals surface area contributed by atoms with Crippen LogP contribution in [0, 0.1) is 0 Å². The van der Waals surface area contributed by atoms with Gasteiger partial charge in [0.2, 0.25) is 0 Å². The first-order chi connectivity index (χ1) is 10.7. The Kier molecular flexibility index (Phi) is 3.64. The fourth-order valence-electron chi connectivity index (χ4n) is 3.37. The van der Waals surface area contributed by atoms with Crippen LogP contribution >= 0.6 is 22.9 Å². The van der Waals surface area contributed by atoms with Gasteiger partial charge in [-0.05, 0) is 43.5 Å². The predicted molar refractivity (Wildman–Crippen MR) is 88.4 cm³/mol. The van der Waals surface area contributed by atoms with E-state index >= 15 is 0 Å². The molecular weight excluding hydrogens is 318 g/mol. The summed E-state index contributed by atoms with van der Waals surface area (Å²) in [6, 6.07) is 10.6. The highest BCUT2D eigenvalue weighted by molar-refractivity contribution is 7.17. The van der Waals surface area contributed by atoms with Gasteiger partial charge in [0.25, 0.3) is 5.91 Å². The zero-order valence-electron chi connectivity index (χ0n) is 11.9. The Hall–Kier alpha value is -1.43. The number of carbonyl (C=O) groups is 1. The van der Waals surface area contributed by atoms with Gasteiger partial charge >= 0.3 is 0 Å². The fourth-order valence-corrected chi connectivity index (χ4v) is 4.41. The summed E-state index contributed by atoms with van der Waals surface area (Å²) in [5.41, 5.74) is 0.804. The maximum absolute atomic E-state index is 12.4. The van der Waals surface area contributed by atoms with Crippen LogP contribution in [0.2, 0.25) is 5.15 Å². The van der Waals surface area contributed by atoms with Gasteiger partial charge in [0.15, 0.2) is 0 Å². The second kappa shape index (κ2) is 5.65. The van der Waals surface area contributed by atoms with Crippen LogP contribution in [-0.4, -0.2) is 29.0 Å². The number of nitrogens with one attached hydrogen (secondary N) is 2. The standard InChI is InChI=1S/C16H16ClN3OS/c17-15-3-1-2-11(19-15)13-6-7-14(22-13)16(21)20-12-8-9-4-5-10(12)18-9/h1-3,6-7,9-10,12,18H,4-5,8H2,(H,20,21)/t9-,10+,12-/m1/s1. The molecule has 4 heterocycles. The minimum Gasteiger partial charge on any atom is -0.347 e. The Morgan fingerprint density at radius 3 is 2.95 bits per heavy atom. The van der Waals surface area contributed by atoms with Gasteiger partial charge in [0, 0.05) is 18.1 Å². The molecule has 2 saturated heterocycles. The molecule has 114 valence electrons. The van der Waals surface area contributed by atoms with Crippen molar-refractivity contribution >= 4 is 28.8 Å². The van der Waals surface area contributed by atoms with Gasteiger partial charge in [-0.2, -0.15) is 0 Å². The lowest BCUT2D eigenvalue weighted by atomic mass is 9.95. The van der Waals surface area contributed by atoms with E-state index in [2.05, 4.69) is 15.6 Å². The lowest BCUT2D eigenvalue weighted by molar-refractivity contribution is 0.0935. The Morgan fingerprint density at radius 2 is 2.23 bits per heavy atom. The van der Waals surface area contributed by atoms with Crippen molar-refractivity contribution in [3.05, 3.63) is 40.4 Å². The van der Waals surface area contributed by atoms with E-state index in [9.17, 15) is 4.79 Å². The Balaban J connectivity index is 1.48. The number of thiophene rings is 1. The SMILES string of the molecule is O=C(N[C@@H]1C[C@H]2CC[C@@H]1N2)c1ccc(-c2cccc(Cl)n2)s1. The molecule has 2 aliphatic rings. The molecule has 0 spiro atoms. The Morgan fingerprint density at radius 1 is 1.32 bits per heavy atom. The number of pyridine rings is 1. The van der Waals surface area contributed by atoms with Gasteiger partial charge in [-0.1, -0.05) is 17.7 Å². The van der Waals surface area contributed by atoms with E-state index in [4.69, 9.17) is 11.6 Å². The number of hydrogen-bond acceptors (Lipinski definition) is 4. The monoisotopic (exact) mass is 333 g/mol. The maximum atomic E-state index is 12.4. The van der Waals surface area contributed by atoms with Crippen LogP contribution < -0.4 is 10.6 Å². The zero-order chi connectivity index (χ0) is 15.1. The summed E-state index contributed by atoms with van der Waals surface area (Å²) >= 11 is 7.37. The van der Waals surface area contributed by atoms with E-state index in [-0.39, 0.29) is 11.9 Å². The van der Waals surface area contributed by atoms with Gasteiger partial charge in [-0.3, -0.25) is 4.79 Å². The van der Waals surface area contributed by atoms with Crippen molar-refractivity contribution in [1.29, 1.82) is 0 Å². The molecule has 2 aliphatic heterocycles. The molecule has 6 heteroatoms. The largest absolute Gasteiger partial charge is 0.347 e. The van der Waals surface area contributed by atoms with E-state index in [1.54, 1.807) is 6.07 Å². The number of rotatable bonds is 3. The van der Waals surface area contributed by atoms with E-state index in [1.165, 1.54) is 17.8 Å². The van der Waals surface area contributed by atoms with Gasteiger partial charge in [0.05, 0.1) is 15.4 Å². The predicted octanol–water partition coefficient (Wildman–Crippen LogP) is 3.09. The summed E-state index contributed by atoms with van der Waals surface area (Å²) in [7, 11) is 0. The van der Waals surface area contributed by atoms with Crippen LogP contribution in [0.3, 0.4) is 0 Å². The topological polar surface area (TPSA) is 54.0 Å². The summed E-state index contributed by atoms with van der Waals surface area (Å²) < 4.78 is 0. The lowest BCUT2D eigenvalue weighted by Crippen LogP contribution is -2.42. The maximum Gasteiger partial charge on any atom is 0.261 e. The fraction of sp³-hybridized carbons (Fsp3) is 0.375. The second-order valence-corrected chi connectivity index (χ2v) is 7.34. The van der Waals surface area contributed by atoms with Crippen LogP contribution in [0.1, 0.15) is 28.9 Å². The molecule has 0 aromatic carbocycles. The van der Waals surface area contributed by atoms with E-state index in [1.807, 2.05) is 24.3 Å². The average molecular weight is 334 g/mol. The Bertz CT molecular complexity index is 717. The highest BCUT2D eigenvalue weighted by atomic mass is 35.5. The van der Waals surface area contributed by atoms with Crippen molar-refractivity contribution in [3.63, 3.8) is 0 Å². The van der Waals surface area contributed by atoms with Crippen molar-refractivity contribution in [2.24, 2.45) is 0 Å². The first-order valence-corrected chi connectivity index (χ1v) is 8.68. The zero-order valence-corrected chi connectivity index (χ0v) is 13.5. The molecule has 0 radical (unpaired) electrons. The second-order valence-electron chi connectivity index (χ2n) is 5.87. The van der Waals surface area contributed by atoms with E-state index in [0.29, 0.717) is 17.2 Å². The molecule has 2 bridgehead atoms. The number of nitrogens with zero attached hydrogens (tertiary/aromatic N) is 1. The van der Waals surface area contributed by atoms with Crippen molar-refractivity contribution in [1.82, 2.24) is 15.6 Å². The van der Waals surface area contributed by atoms with Crippen molar-refractivity contribution in [2.45, 2.75) is 37.4 Å². The Labute approximate surface area is 137 Å². The summed E-state index contributed by atoms with van der Waals surface area (Å²) in [5, 5.41) is 7.16. The molecule has 2 N–H and O–H groups in total. The number of aromatic nitrogens is 1. The van der Waals surface area contributed by atoms with Gasteiger partial charge in [0.1, 0.15) is 5.15 Å². The number of hydrogen-bond donors (Lipinski definition) is 2. The third-order valence-electron chi connectivity index (χ3n) is 4.41. The van der Waals surface area contributed by atoms with Crippen LogP contribution in [-0.2, 0) is 0 Å². The molecule has 2 fully saturated rings. The smallest absolute Gasteiger partial charge is 0.261 e. The summed E-state index contributed by atoms with van der Waals surface area (Å²) in [6.45, 7) is 0. The minimum atomic E-state index is 0.0117. The molecule has 22 heavy (non-hydrogen) atoms. The molecule has 4 rings (SSSR count). The lowest BCUT2D eigenvalue weighted by Gasteiger charge is -2.20. The highest BCUT2D eigenvalue weighted by Crippen LogP contribution is 2.30. The number of amides is 1. The van der Waals surface area contributed by atoms with E-state index in [0.717, 1.165) is 28.3 Å². The van der Waals surface area contributed by atoms with Gasteiger partial charge in [-0.15, -0.1) is 11.3 Å². The third-order valence-corrected chi connectivity index (χ3v) is 5.73. The molecule has 0 unspecified atom stereocenters. The number of fused-ring (bicyclic) bond motifs is 2. The molecule has 3 atom stereocenters. The highest BCUT2D eigenvalue weighted by Gasteiger charge is 2.39. The van der Waals surface area contributed by atoms with Gasteiger partial charge in [-0.25, -0.2) is 4.98 Å². The molecule has 2 aromatic heterocycles. The van der Waals surface area contributed by atoms with Crippen LogP contribution in [0.25, 0.3) is 10.6 Å². The average Bonchev–Trinajstić information content (AvgIpc) is 3.23. The van der Waals surface area contributed by atoms with Crippen molar-refractivity contribution in [3.8, 4) is 10.6 Å². The molecule has 0 aliphatic carbocycles. The van der Waals surface area contributed by atoms with Crippen LogP contribution in [0.4, 0.5) is 0 Å². The van der Waals surface area contributed by atoms with E-state index < -0.39 is 0 Å². The van der Waals surface area contributed by atoms with Crippen molar-refractivity contribution in [2.75, 3.05) is 0 Å². The van der Waals surface area contributed by atoms with Crippen LogP contribution in [0.5, 0.6) is 0 Å².